The van der Waals surface area contributed by atoms with Crippen molar-refractivity contribution in [3.63, 3.8) is 0 Å². The number of nitro groups is 1. The average molecular weight is 283 g/mol. The van der Waals surface area contributed by atoms with Gasteiger partial charge in [0.25, 0.3) is 0 Å². The molecule has 0 saturated carbocycles. The van der Waals surface area contributed by atoms with Crippen molar-refractivity contribution in [2.45, 2.75) is 33.6 Å². The molecule has 112 valence electrons. The molecular formula is C12H21N5O3. The van der Waals surface area contributed by atoms with E-state index in [1.54, 1.807) is 20.9 Å². The number of primary amides is 1. The smallest absolute Gasteiger partial charge is 0.334 e. The largest absolute Gasteiger partial charge is 0.369 e. The number of carbonyl (C=O) groups excluding carboxylic acids is 1. The predicted octanol–water partition coefficient (Wildman–Crippen LogP) is 1.38. The van der Waals surface area contributed by atoms with Crippen LogP contribution in [0.4, 0.5) is 11.5 Å². The van der Waals surface area contributed by atoms with Crippen molar-refractivity contribution in [1.29, 1.82) is 0 Å². The van der Waals surface area contributed by atoms with Crippen LogP contribution in [-0.4, -0.2) is 27.2 Å². The number of nitrogens with one attached hydrogen (secondary N) is 1. The minimum atomic E-state index is -0.809. The van der Waals surface area contributed by atoms with Crippen LogP contribution in [0.1, 0.15) is 39.3 Å². The van der Waals surface area contributed by atoms with Gasteiger partial charge in [0.1, 0.15) is 5.69 Å². The summed E-state index contributed by atoms with van der Waals surface area (Å²) >= 11 is 0. The quantitative estimate of drug-likeness (QED) is 0.604. The summed E-state index contributed by atoms with van der Waals surface area (Å²) in [4.78, 5) is 22.1. The van der Waals surface area contributed by atoms with Crippen molar-refractivity contribution >= 4 is 17.4 Å². The Morgan fingerprint density at radius 2 is 2.10 bits per heavy atom. The number of rotatable bonds is 6. The van der Waals surface area contributed by atoms with Crippen molar-refractivity contribution < 1.29 is 9.72 Å². The van der Waals surface area contributed by atoms with E-state index in [0.717, 1.165) is 0 Å². The van der Waals surface area contributed by atoms with Crippen molar-refractivity contribution in [1.82, 2.24) is 9.78 Å². The summed E-state index contributed by atoms with van der Waals surface area (Å²) in [6.07, 6.45) is 0. The van der Waals surface area contributed by atoms with E-state index < -0.39 is 16.2 Å². The van der Waals surface area contributed by atoms with Gasteiger partial charge >= 0.3 is 5.69 Å². The first-order chi connectivity index (χ1) is 9.08. The lowest BCUT2D eigenvalue weighted by atomic mass is 9.93. The summed E-state index contributed by atoms with van der Waals surface area (Å²) in [5.74, 6) is -0.256. The Kier molecular flexibility index (Phi) is 4.36. The Morgan fingerprint density at radius 1 is 1.55 bits per heavy atom. The normalized spacial score (nSPS) is 11.7. The van der Waals surface area contributed by atoms with Gasteiger partial charge in [-0.25, -0.2) is 4.68 Å². The van der Waals surface area contributed by atoms with Crippen LogP contribution >= 0.6 is 0 Å². The molecule has 0 unspecified atom stereocenters. The number of nitrogens with zero attached hydrogens (tertiary/aromatic N) is 3. The van der Waals surface area contributed by atoms with Crippen LogP contribution in [0.3, 0.4) is 0 Å². The molecule has 8 nitrogen and oxygen atoms in total. The molecule has 0 saturated heterocycles. The molecule has 0 aromatic carbocycles. The van der Waals surface area contributed by atoms with Gasteiger partial charge in [0.15, 0.2) is 0 Å². The van der Waals surface area contributed by atoms with E-state index in [-0.39, 0.29) is 24.0 Å². The summed E-state index contributed by atoms with van der Waals surface area (Å²) < 4.78 is 1.42. The highest BCUT2D eigenvalue weighted by Crippen LogP contribution is 2.33. The molecular weight excluding hydrogens is 262 g/mol. The number of aryl methyl sites for hydroxylation is 1. The zero-order chi connectivity index (χ0) is 15.7. The lowest BCUT2D eigenvalue weighted by Crippen LogP contribution is -2.37. The summed E-state index contributed by atoms with van der Waals surface area (Å²) in [6, 6.07) is 0. The molecule has 1 aromatic rings. The maximum Gasteiger partial charge on any atom is 0.334 e. The van der Waals surface area contributed by atoms with Gasteiger partial charge in [-0.1, -0.05) is 13.8 Å². The summed E-state index contributed by atoms with van der Waals surface area (Å²) in [5, 5.41) is 18.3. The van der Waals surface area contributed by atoms with Crippen LogP contribution in [0.5, 0.6) is 0 Å². The zero-order valence-electron chi connectivity index (χ0n) is 12.4. The van der Waals surface area contributed by atoms with Gasteiger partial charge in [-0.3, -0.25) is 14.9 Å². The maximum atomic E-state index is 11.3. The first-order valence-electron chi connectivity index (χ1n) is 6.33. The second-order valence-electron chi connectivity index (χ2n) is 5.72. The molecule has 3 N–H and O–H groups in total. The fraction of sp³-hybridized carbons (Fsp3) is 0.667. The minimum Gasteiger partial charge on any atom is -0.369 e. The van der Waals surface area contributed by atoms with E-state index in [0.29, 0.717) is 5.69 Å². The van der Waals surface area contributed by atoms with Gasteiger partial charge in [0, 0.05) is 19.5 Å². The fourth-order valence-corrected chi connectivity index (χ4v) is 1.69. The molecule has 0 aliphatic heterocycles. The van der Waals surface area contributed by atoms with E-state index in [9.17, 15) is 14.9 Å². The molecule has 1 rings (SSSR count). The highest BCUT2D eigenvalue weighted by Gasteiger charge is 2.31. The second kappa shape index (κ2) is 5.48. The first kappa shape index (κ1) is 15.9. The number of hydrogen-bond acceptors (Lipinski definition) is 5. The van der Waals surface area contributed by atoms with Crippen LogP contribution in [0.15, 0.2) is 0 Å². The van der Waals surface area contributed by atoms with E-state index in [2.05, 4.69) is 10.4 Å². The SMILES string of the molecule is CC(C)c1nn(C)c(NCC(C)(C)C(N)=O)c1[N+](=O)[O-]. The molecule has 0 fully saturated rings. The molecule has 0 atom stereocenters. The zero-order valence-corrected chi connectivity index (χ0v) is 12.4. The van der Waals surface area contributed by atoms with Crippen LogP contribution in [-0.2, 0) is 11.8 Å². The standard InChI is InChI=1S/C12H21N5O3/c1-7(2)8-9(17(19)20)10(16(5)15-8)14-6-12(3,4)11(13)18/h7,14H,6H2,1-5H3,(H2,13,18). The molecule has 0 radical (unpaired) electrons. The molecule has 0 aliphatic carbocycles. The highest BCUT2D eigenvalue weighted by atomic mass is 16.6. The Balaban J connectivity index is 3.13. The van der Waals surface area contributed by atoms with Gasteiger partial charge in [-0.05, 0) is 13.8 Å². The predicted molar refractivity (Wildman–Crippen MR) is 75.4 cm³/mol. The third-order valence-corrected chi connectivity index (χ3v) is 3.14. The molecule has 1 aromatic heterocycles. The van der Waals surface area contributed by atoms with Crippen LogP contribution in [0, 0.1) is 15.5 Å². The third-order valence-electron chi connectivity index (χ3n) is 3.14. The van der Waals surface area contributed by atoms with Gasteiger partial charge in [0.05, 0.1) is 10.3 Å². The topological polar surface area (TPSA) is 116 Å². The summed E-state index contributed by atoms with van der Waals surface area (Å²) in [6.45, 7) is 7.22. The minimum absolute atomic E-state index is 0.0530. The average Bonchev–Trinajstić information content (AvgIpc) is 2.64. The first-order valence-corrected chi connectivity index (χ1v) is 6.33. The van der Waals surface area contributed by atoms with Gasteiger partial charge < -0.3 is 11.1 Å². The number of nitrogens with two attached hydrogens (primary N) is 1. The number of carbonyl (C=O) groups is 1. The molecule has 0 spiro atoms. The molecule has 20 heavy (non-hydrogen) atoms. The van der Waals surface area contributed by atoms with Crippen LogP contribution in [0.2, 0.25) is 0 Å². The third kappa shape index (κ3) is 3.06. The highest BCUT2D eigenvalue weighted by molar-refractivity contribution is 5.80. The Morgan fingerprint density at radius 3 is 2.50 bits per heavy atom. The Hall–Kier alpha value is -2.12. The van der Waals surface area contributed by atoms with Gasteiger partial charge in [-0.15, -0.1) is 0 Å². The van der Waals surface area contributed by atoms with Crippen molar-refractivity contribution in [2.24, 2.45) is 18.2 Å². The fourth-order valence-electron chi connectivity index (χ4n) is 1.69. The molecule has 0 bridgehead atoms. The molecule has 8 heteroatoms. The van der Waals surface area contributed by atoms with Crippen molar-refractivity contribution in [3.8, 4) is 0 Å². The Bertz CT molecular complexity index is 533. The van der Waals surface area contributed by atoms with Crippen LogP contribution in [0.25, 0.3) is 0 Å². The van der Waals surface area contributed by atoms with E-state index in [4.69, 9.17) is 5.73 Å². The molecule has 0 aliphatic rings. The maximum absolute atomic E-state index is 11.3. The van der Waals surface area contributed by atoms with Gasteiger partial charge in [0.2, 0.25) is 11.7 Å². The van der Waals surface area contributed by atoms with Crippen molar-refractivity contribution in [3.05, 3.63) is 15.8 Å². The summed E-state index contributed by atoms with van der Waals surface area (Å²) in [7, 11) is 1.62. The Labute approximate surface area is 117 Å². The van der Waals surface area contributed by atoms with E-state index in [1.807, 2.05) is 13.8 Å². The van der Waals surface area contributed by atoms with Crippen molar-refractivity contribution in [2.75, 3.05) is 11.9 Å². The van der Waals surface area contributed by atoms with E-state index in [1.165, 1.54) is 4.68 Å². The van der Waals surface area contributed by atoms with Crippen LogP contribution < -0.4 is 11.1 Å². The number of hydrogen-bond donors (Lipinski definition) is 2. The number of amides is 1. The monoisotopic (exact) mass is 283 g/mol. The lowest BCUT2D eigenvalue weighted by Gasteiger charge is -2.21. The number of aromatic nitrogens is 2. The van der Waals surface area contributed by atoms with Gasteiger partial charge in [-0.2, -0.15) is 5.10 Å². The lowest BCUT2D eigenvalue weighted by molar-refractivity contribution is -0.384. The second-order valence-corrected chi connectivity index (χ2v) is 5.72. The van der Waals surface area contributed by atoms with E-state index >= 15 is 0 Å². The molecule has 1 amide bonds. The summed E-state index contributed by atoms with van der Waals surface area (Å²) in [5.41, 5.74) is 4.84. The number of anilines is 1. The molecule has 1 heterocycles.